The van der Waals surface area contributed by atoms with Gasteiger partial charge >= 0.3 is 6.09 Å². The lowest BCUT2D eigenvalue weighted by atomic mass is 9.95. The minimum atomic E-state index is -0.822. The van der Waals surface area contributed by atoms with Crippen LogP contribution in [0.5, 0.6) is 0 Å². The molecule has 178 valence electrons. The SMILES string of the molecule is CCc1nn(-c2noc(C3CCN(C[C@H]4CCN(C(=O)O)C4)CC3)n2)c2cc(F)ccc12.Cl. The van der Waals surface area contributed by atoms with Crippen molar-refractivity contribution < 1.29 is 18.8 Å². The Morgan fingerprint density at radius 1 is 1.24 bits per heavy atom. The Morgan fingerprint density at radius 2 is 2.03 bits per heavy atom. The summed E-state index contributed by atoms with van der Waals surface area (Å²) in [6.07, 6.45) is 2.65. The molecule has 2 saturated heterocycles. The third-order valence-electron chi connectivity index (χ3n) is 6.68. The van der Waals surface area contributed by atoms with Crippen molar-refractivity contribution in [3.8, 4) is 5.95 Å². The van der Waals surface area contributed by atoms with Crippen LogP contribution in [0, 0.1) is 11.7 Å². The highest BCUT2D eigenvalue weighted by atomic mass is 35.5. The lowest BCUT2D eigenvalue weighted by Crippen LogP contribution is -2.37. The van der Waals surface area contributed by atoms with E-state index in [1.54, 1.807) is 10.7 Å². The number of rotatable bonds is 5. The summed E-state index contributed by atoms with van der Waals surface area (Å²) in [7, 11) is 0. The van der Waals surface area contributed by atoms with Crippen LogP contribution in [0.2, 0.25) is 0 Å². The number of hydrogen-bond acceptors (Lipinski definition) is 6. The fourth-order valence-corrected chi connectivity index (χ4v) is 4.93. The number of nitrogens with zero attached hydrogens (tertiary/aromatic N) is 6. The van der Waals surface area contributed by atoms with Gasteiger partial charge in [0.2, 0.25) is 5.89 Å². The van der Waals surface area contributed by atoms with Crippen LogP contribution in [0.25, 0.3) is 16.9 Å². The number of benzene rings is 1. The molecule has 2 aliphatic heterocycles. The first-order chi connectivity index (χ1) is 15.5. The maximum absolute atomic E-state index is 13.8. The van der Waals surface area contributed by atoms with Crippen molar-refractivity contribution in [1.82, 2.24) is 29.7 Å². The standard InChI is InChI=1S/C22H27FN6O3.ClH/c1-2-18-17-4-3-16(23)11-19(17)29(25-18)21-24-20(32-26-21)15-6-8-27(9-7-15)12-14-5-10-28(13-14)22(30)31;/h3-4,11,14-15H,2,5-10,12-13H2,1H3,(H,30,31);1H/t14-;/m1./s1. The van der Waals surface area contributed by atoms with Gasteiger partial charge in [0.15, 0.2) is 0 Å². The topological polar surface area (TPSA) is 101 Å². The molecular formula is C22H28ClFN6O3. The predicted octanol–water partition coefficient (Wildman–Crippen LogP) is 3.71. The van der Waals surface area contributed by atoms with Crippen LogP contribution in [0.3, 0.4) is 0 Å². The van der Waals surface area contributed by atoms with Crippen LogP contribution < -0.4 is 0 Å². The Morgan fingerprint density at radius 3 is 2.73 bits per heavy atom. The second kappa shape index (κ2) is 9.64. The molecule has 1 aromatic carbocycles. The zero-order valence-electron chi connectivity index (χ0n) is 18.5. The largest absolute Gasteiger partial charge is 0.465 e. The van der Waals surface area contributed by atoms with Gasteiger partial charge in [-0.15, -0.1) is 12.4 Å². The maximum Gasteiger partial charge on any atom is 0.407 e. The number of aryl methyl sites for hydroxylation is 1. The lowest BCUT2D eigenvalue weighted by Gasteiger charge is -2.32. The monoisotopic (exact) mass is 478 g/mol. The highest BCUT2D eigenvalue weighted by Crippen LogP contribution is 2.29. The van der Waals surface area contributed by atoms with Gasteiger partial charge in [0.25, 0.3) is 5.95 Å². The molecule has 1 N–H and O–H groups in total. The van der Waals surface area contributed by atoms with Crippen LogP contribution in [0.15, 0.2) is 22.7 Å². The molecule has 11 heteroatoms. The fourth-order valence-electron chi connectivity index (χ4n) is 4.93. The number of likely N-dealkylation sites (tertiary alicyclic amines) is 2. The number of carboxylic acid groups (broad SMARTS) is 1. The molecule has 5 rings (SSSR count). The Balaban J connectivity index is 0.00000259. The number of hydrogen-bond donors (Lipinski definition) is 1. The van der Waals surface area contributed by atoms with Gasteiger partial charge in [-0.25, -0.2) is 9.18 Å². The molecular weight excluding hydrogens is 451 g/mol. The van der Waals surface area contributed by atoms with Gasteiger partial charge in [0.1, 0.15) is 5.82 Å². The number of aromatic nitrogens is 4. The molecule has 2 fully saturated rings. The van der Waals surface area contributed by atoms with Gasteiger partial charge in [-0.05, 0) is 62.0 Å². The molecule has 0 unspecified atom stereocenters. The summed E-state index contributed by atoms with van der Waals surface area (Å²) in [5.41, 5.74) is 1.50. The second-order valence-corrected chi connectivity index (χ2v) is 8.76. The van der Waals surface area contributed by atoms with E-state index in [0.29, 0.717) is 36.4 Å². The molecule has 0 bridgehead atoms. The average molecular weight is 479 g/mol. The first-order valence-corrected chi connectivity index (χ1v) is 11.2. The van der Waals surface area contributed by atoms with E-state index in [2.05, 4.69) is 20.1 Å². The van der Waals surface area contributed by atoms with Gasteiger partial charge in [-0.2, -0.15) is 14.8 Å². The van der Waals surface area contributed by atoms with Crippen molar-refractivity contribution in [2.75, 3.05) is 32.7 Å². The van der Waals surface area contributed by atoms with Crippen molar-refractivity contribution in [3.05, 3.63) is 35.6 Å². The molecule has 0 radical (unpaired) electrons. The van der Waals surface area contributed by atoms with Gasteiger partial charge < -0.3 is 19.4 Å². The molecule has 1 amide bonds. The Kier molecular flexibility index (Phi) is 6.85. The summed E-state index contributed by atoms with van der Waals surface area (Å²) in [5, 5.41) is 18.7. The number of fused-ring (bicyclic) bond motifs is 1. The summed E-state index contributed by atoms with van der Waals surface area (Å²) in [6, 6.07) is 4.63. The molecule has 4 heterocycles. The number of halogens is 2. The normalized spacial score (nSPS) is 19.8. The van der Waals surface area contributed by atoms with Gasteiger partial charge in [0, 0.05) is 37.0 Å². The molecule has 1 atom stereocenters. The van der Waals surface area contributed by atoms with Crippen LogP contribution >= 0.6 is 12.4 Å². The smallest absolute Gasteiger partial charge is 0.407 e. The highest BCUT2D eigenvalue weighted by molar-refractivity contribution is 5.85. The quantitative estimate of drug-likeness (QED) is 0.596. The second-order valence-electron chi connectivity index (χ2n) is 8.76. The first kappa shape index (κ1) is 23.4. The van der Waals surface area contributed by atoms with E-state index in [-0.39, 0.29) is 24.1 Å². The highest BCUT2D eigenvalue weighted by Gasteiger charge is 2.30. The minimum absolute atomic E-state index is 0. The fraction of sp³-hybridized carbons (Fsp3) is 0.545. The Bertz CT molecular complexity index is 1130. The van der Waals surface area contributed by atoms with E-state index >= 15 is 0 Å². The van der Waals surface area contributed by atoms with Crippen molar-refractivity contribution >= 4 is 29.4 Å². The van der Waals surface area contributed by atoms with Gasteiger partial charge in [-0.3, -0.25) is 0 Å². The minimum Gasteiger partial charge on any atom is -0.465 e. The van der Waals surface area contributed by atoms with Crippen molar-refractivity contribution in [2.45, 2.75) is 38.5 Å². The number of carbonyl (C=O) groups is 1. The molecule has 0 spiro atoms. The van der Waals surface area contributed by atoms with Crippen molar-refractivity contribution in [1.29, 1.82) is 0 Å². The molecule has 3 aromatic rings. The summed E-state index contributed by atoms with van der Waals surface area (Å²) < 4.78 is 21.0. The molecule has 2 aromatic heterocycles. The van der Waals surface area contributed by atoms with Crippen LogP contribution in [0.4, 0.5) is 9.18 Å². The molecule has 0 aliphatic carbocycles. The average Bonchev–Trinajstić information content (AvgIpc) is 3.52. The van der Waals surface area contributed by atoms with Crippen molar-refractivity contribution in [3.63, 3.8) is 0 Å². The summed E-state index contributed by atoms with van der Waals surface area (Å²) in [6.45, 7) is 6.03. The molecule has 2 aliphatic rings. The van der Waals surface area contributed by atoms with Crippen LogP contribution in [0.1, 0.15) is 43.7 Å². The van der Waals surface area contributed by atoms with Crippen molar-refractivity contribution in [2.24, 2.45) is 5.92 Å². The van der Waals surface area contributed by atoms with E-state index in [9.17, 15) is 9.18 Å². The van der Waals surface area contributed by atoms with E-state index in [1.165, 1.54) is 17.0 Å². The maximum atomic E-state index is 13.8. The molecule has 0 saturated carbocycles. The third-order valence-corrected chi connectivity index (χ3v) is 6.68. The Hall–Kier alpha value is -2.72. The van der Waals surface area contributed by atoms with Gasteiger partial charge in [-0.1, -0.05) is 6.92 Å². The van der Waals surface area contributed by atoms with E-state index in [0.717, 1.165) is 56.4 Å². The zero-order valence-corrected chi connectivity index (χ0v) is 19.3. The van der Waals surface area contributed by atoms with Gasteiger partial charge in [0.05, 0.1) is 11.2 Å². The summed E-state index contributed by atoms with van der Waals surface area (Å²) in [4.78, 5) is 19.6. The molecule has 9 nitrogen and oxygen atoms in total. The number of amides is 1. The predicted molar refractivity (Wildman–Crippen MR) is 122 cm³/mol. The van der Waals surface area contributed by atoms with Crippen LogP contribution in [-0.2, 0) is 6.42 Å². The summed E-state index contributed by atoms with van der Waals surface area (Å²) in [5.74, 6) is 1.17. The third kappa shape index (κ3) is 4.67. The van der Waals surface area contributed by atoms with Crippen LogP contribution in [-0.4, -0.2) is 73.6 Å². The number of piperidine rings is 1. The first-order valence-electron chi connectivity index (χ1n) is 11.2. The molecule has 33 heavy (non-hydrogen) atoms. The zero-order chi connectivity index (χ0) is 22.2. The van der Waals surface area contributed by atoms with E-state index in [1.807, 2.05) is 6.92 Å². The lowest BCUT2D eigenvalue weighted by molar-refractivity contribution is 0.147. The summed E-state index contributed by atoms with van der Waals surface area (Å²) >= 11 is 0. The Labute approximate surface area is 196 Å². The van der Waals surface area contributed by atoms with E-state index < -0.39 is 6.09 Å². The van der Waals surface area contributed by atoms with E-state index in [4.69, 9.17) is 9.63 Å².